The van der Waals surface area contributed by atoms with E-state index in [1.165, 1.54) is 6.39 Å². The molecule has 0 fully saturated rings. The molecular formula is C21H17BrN2O3. The second kappa shape index (κ2) is 7.40. The Morgan fingerprint density at radius 1 is 1.19 bits per heavy atom. The fraction of sp³-hybridized carbons (Fsp3) is 0.143. The van der Waals surface area contributed by atoms with Crippen LogP contribution in [0.1, 0.15) is 23.3 Å². The van der Waals surface area contributed by atoms with E-state index in [-0.39, 0.29) is 12.3 Å². The molecule has 0 radical (unpaired) electrons. The standard InChI is InChI=1S/C21H17BrN2O3/c1-26-15-8-6-14(7-9-15)12-24-18-5-3-2-4-16(18)21(22)17(10-20(24)25)19-11-23-13-27-19/h2-9,11,13H,10,12H2,1H3. The number of hydrogen-bond donors (Lipinski definition) is 0. The van der Waals surface area contributed by atoms with E-state index in [1.54, 1.807) is 13.3 Å². The van der Waals surface area contributed by atoms with Gasteiger partial charge in [-0.1, -0.05) is 30.3 Å². The summed E-state index contributed by atoms with van der Waals surface area (Å²) in [7, 11) is 1.64. The zero-order chi connectivity index (χ0) is 18.8. The van der Waals surface area contributed by atoms with Gasteiger partial charge in [-0.15, -0.1) is 0 Å². The lowest BCUT2D eigenvalue weighted by molar-refractivity contribution is -0.117. The van der Waals surface area contributed by atoms with E-state index in [0.29, 0.717) is 12.3 Å². The predicted molar refractivity (Wildman–Crippen MR) is 107 cm³/mol. The molecule has 1 aliphatic rings. The first-order chi connectivity index (χ1) is 13.2. The summed E-state index contributed by atoms with van der Waals surface area (Å²) in [4.78, 5) is 18.9. The molecule has 0 unspecified atom stereocenters. The van der Waals surface area contributed by atoms with Gasteiger partial charge in [0, 0.05) is 15.6 Å². The van der Waals surface area contributed by atoms with Crippen molar-refractivity contribution in [2.75, 3.05) is 12.0 Å². The van der Waals surface area contributed by atoms with Crippen LogP contribution in [0, 0.1) is 0 Å². The Balaban J connectivity index is 1.75. The summed E-state index contributed by atoms with van der Waals surface area (Å²) in [6, 6.07) is 15.6. The van der Waals surface area contributed by atoms with Gasteiger partial charge in [-0.05, 0) is 39.7 Å². The van der Waals surface area contributed by atoms with Gasteiger partial charge in [0.25, 0.3) is 0 Å². The van der Waals surface area contributed by atoms with Crippen molar-refractivity contribution in [3.8, 4) is 5.75 Å². The molecule has 0 spiro atoms. The van der Waals surface area contributed by atoms with Crippen molar-refractivity contribution >= 4 is 37.6 Å². The molecule has 0 bridgehead atoms. The smallest absolute Gasteiger partial charge is 0.231 e. The largest absolute Gasteiger partial charge is 0.497 e. The molecule has 1 aromatic heterocycles. The Bertz CT molecular complexity index is 995. The third-order valence-corrected chi connectivity index (χ3v) is 5.46. The van der Waals surface area contributed by atoms with Crippen molar-refractivity contribution < 1.29 is 13.9 Å². The van der Waals surface area contributed by atoms with Crippen LogP contribution in [0.4, 0.5) is 5.69 Å². The van der Waals surface area contributed by atoms with Crippen LogP contribution in [-0.2, 0) is 11.3 Å². The van der Waals surface area contributed by atoms with E-state index in [0.717, 1.165) is 32.6 Å². The first kappa shape index (κ1) is 17.5. The maximum absolute atomic E-state index is 13.1. The second-order valence-electron chi connectivity index (χ2n) is 6.18. The number of benzene rings is 2. The fourth-order valence-corrected chi connectivity index (χ4v) is 3.83. The first-order valence-electron chi connectivity index (χ1n) is 8.47. The number of halogens is 1. The summed E-state index contributed by atoms with van der Waals surface area (Å²) in [6.45, 7) is 0.476. The highest BCUT2D eigenvalue weighted by Crippen LogP contribution is 2.42. The molecule has 3 aromatic rings. The molecule has 6 heteroatoms. The minimum Gasteiger partial charge on any atom is -0.497 e. The van der Waals surface area contributed by atoms with E-state index in [9.17, 15) is 4.79 Å². The van der Waals surface area contributed by atoms with Crippen molar-refractivity contribution in [2.24, 2.45) is 0 Å². The molecule has 1 amide bonds. The van der Waals surface area contributed by atoms with Crippen molar-refractivity contribution in [3.05, 3.63) is 78.0 Å². The first-order valence-corrected chi connectivity index (χ1v) is 9.27. The van der Waals surface area contributed by atoms with Crippen molar-refractivity contribution in [3.63, 3.8) is 0 Å². The van der Waals surface area contributed by atoms with Crippen LogP contribution in [-0.4, -0.2) is 18.0 Å². The number of amides is 1. The van der Waals surface area contributed by atoms with E-state index < -0.39 is 0 Å². The van der Waals surface area contributed by atoms with E-state index in [4.69, 9.17) is 9.15 Å². The zero-order valence-corrected chi connectivity index (χ0v) is 16.3. The van der Waals surface area contributed by atoms with Crippen LogP contribution in [0.25, 0.3) is 10.1 Å². The summed E-state index contributed by atoms with van der Waals surface area (Å²) in [5.74, 6) is 1.38. The third kappa shape index (κ3) is 3.40. The molecule has 4 rings (SSSR count). The lowest BCUT2D eigenvalue weighted by atomic mass is 10.1. The normalized spacial score (nSPS) is 14.1. The molecule has 2 aromatic carbocycles. The second-order valence-corrected chi connectivity index (χ2v) is 6.97. The topological polar surface area (TPSA) is 55.6 Å². The number of fused-ring (bicyclic) bond motifs is 1. The predicted octanol–water partition coefficient (Wildman–Crippen LogP) is 4.88. The number of nitrogens with zero attached hydrogens (tertiary/aromatic N) is 2. The zero-order valence-electron chi connectivity index (χ0n) is 14.7. The highest BCUT2D eigenvalue weighted by atomic mass is 79.9. The summed E-state index contributed by atoms with van der Waals surface area (Å²) in [6.07, 6.45) is 3.23. The molecule has 27 heavy (non-hydrogen) atoms. The molecule has 5 nitrogen and oxygen atoms in total. The third-order valence-electron chi connectivity index (χ3n) is 4.55. The van der Waals surface area contributed by atoms with Crippen LogP contribution in [0.5, 0.6) is 5.75 Å². The maximum Gasteiger partial charge on any atom is 0.231 e. The lowest BCUT2D eigenvalue weighted by Gasteiger charge is -2.23. The SMILES string of the molecule is COc1ccc(CN2C(=O)CC(c3cnco3)=C(Br)c3ccccc32)cc1. The fourth-order valence-electron chi connectivity index (χ4n) is 3.16. The van der Waals surface area contributed by atoms with Gasteiger partial charge in [-0.2, -0.15) is 0 Å². The number of aromatic nitrogens is 1. The average Bonchev–Trinajstić information content (AvgIpc) is 3.21. The van der Waals surface area contributed by atoms with Crippen molar-refractivity contribution in [2.45, 2.75) is 13.0 Å². The number of ether oxygens (including phenoxy) is 1. The van der Waals surface area contributed by atoms with Crippen molar-refractivity contribution in [1.82, 2.24) is 4.98 Å². The van der Waals surface area contributed by atoms with Gasteiger partial charge in [0.2, 0.25) is 5.91 Å². The van der Waals surface area contributed by atoms with Gasteiger partial charge in [0.05, 0.1) is 32.0 Å². The van der Waals surface area contributed by atoms with E-state index in [2.05, 4.69) is 20.9 Å². The number of hydrogen-bond acceptors (Lipinski definition) is 4. The molecule has 0 saturated carbocycles. The average molecular weight is 425 g/mol. The number of methoxy groups -OCH3 is 1. The molecule has 0 saturated heterocycles. The number of rotatable bonds is 4. The summed E-state index contributed by atoms with van der Waals surface area (Å²) < 4.78 is 11.5. The van der Waals surface area contributed by atoms with E-state index >= 15 is 0 Å². The van der Waals surface area contributed by atoms with Gasteiger partial charge < -0.3 is 14.1 Å². The van der Waals surface area contributed by atoms with Crippen LogP contribution in [0.3, 0.4) is 0 Å². The molecular weight excluding hydrogens is 408 g/mol. The monoisotopic (exact) mass is 424 g/mol. The number of anilines is 1. The Kier molecular flexibility index (Phi) is 4.81. The maximum atomic E-state index is 13.1. The molecule has 0 N–H and O–H groups in total. The van der Waals surface area contributed by atoms with E-state index in [1.807, 2.05) is 53.4 Å². The molecule has 0 aliphatic carbocycles. The van der Waals surface area contributed by atoms with Crippen molar-refractivity contribution in [1.29, 1.82) is 0 Å². The Morgan fingerprint density at radius 2 is 1.96 bits per heavy atom. The summed E-state index contributed by atoms with van der Waals surface area (Å²) in [5.41, 5.74) is 3.63. The molecule has 136 valence electrons. The van der Waals surface area contributed by atoms with Crippen LogP contribution in [0.2, 0.25) is 0 Å². The number of carbonyl (C=O) groups is 1. The summed E-state index contributed by atoms with van der Waals surface area (Å²) >= 11 is 3.68. The van der Waals surface area contributed by atoms with Gasteiger partial charge in [0.1, 0.15) is 5.75 Å². The Hall–Kier alpha value is -2.86. The number of para-hydroxylation sites is 1. The Morgan fingerprint density at radius 3 is 2.67 bits per heavy atom. The van der Waals surface area contributed by atoms with Crippen LogP contribution < -0.4 is 9.64 Å². The quantitative estimate of drug-likeness (QED) is 0.598. The van der Waals surface area contributed by atoms with Crippen LogP contribution in [0.15, 0.2) is 65.5 Å². The minimum absolute atomic E-state index is 0.000817. The molecule has 1 aliphatic heterocycles. The highest BCUT2D eigenvalue weighted by molar-refractivity contribution is 9.15. The number of oxazole rings is 1. The molecule has 0 atom stereocenters. The van der Waals surface area contributed by atoms with Gasteiger partial charge >= 0.3 is 0 Å². The van der Waals surface area contributed by atoms with Gasteiger partial charge in [-0.3, -0.25) is 4.79 Å². The summed E-state index contributed by atoms with van der Waals surface area (Å²) in [5, 5.41) is 0. The van der Waals surface area contributed by atoms with Crippen LogP contribution >= 0.6 is 15.9 Å². The Labute approximate surface area is 165 Å². The van der Waals surface area contributed by atoms with Gasteiger partial charge in [0.15, 0.2) is 12.2 Å². The number of carbonyl (C=O) groups excluding carboxylic acids is 1. The molecule has 2 heterocycles. The highest BCUT2D eigenvalue weighted by Gasteiger charge is 2.28. The van der Waals surface area contributed by atoms with Gasteiger partial charge in [-0.25, -0.2) is 4.98 Å². The lowest BCUT2D eigenvalue weighted by Crippen LogP contribution is -2.30. The minimum atomic E-state index is -0.000817.